The number of hydrogen-bond donors (Lipinski definition) is 1. The lowest BCUT2D eigenvalue weighted by atomic mass is 10.2. The first-order valence-corrected chi connectivity index (χ1v) is 8.69. The molecule has 2 aromatic rings. The molecule has 8 nitrogen and oxygen atoms in total. The van der Waals surface area contributed by atoms with E-state index in [0.717, 1.165) is 12.2 Å². The minimum Gasteiger partial charge on any atom is -0.378 e. The molecular formula is C17H26N6O2. The number of nitrogens with zero attached hydrogens (tertiary/aromatic N) is 5. The van der Waals surface area contributed by atoms with Gasteiger partial charge in [-0.3, -0.25) is 14.2 Å². The van der Waals surface area contributed by atoms with Gasteiger partial charge in [-0.25, -0.2) is 0 Å². The summed E-state index contributed by atoms with van der Waals surface area (Å²) in [6.07, 6.45) is 7.47. The summed E-state index contributed by atoms with van der Waals surface area (Å²) in [4.78, 5) is 14.3. The van der Waals surface area contributed by atoms with Gasteiger partial charge in [-0.2, -0.15) is 10.2 Å². The molecule has 1 aliphatic rings. The van der Waals surface area contributed by atoms with Crippen LogP contribution in [0.1, 0.15) is 20.8 Å². The highest BCUT2D eigenvalue weighted by molar-refractivity contribution is 5.76. The van der Waals surface area contributed by atoms with Crippen molar-refractivity contribution in [3.05, 3.63) is 30.9 Å². The van der Waals surface area contributed by atoms with E-state index < -0.39 is 0 Å². The van der Waals surface area contributed by atoms with E-state index in [2.05, 4.69) is 22.4 Å². The van der Waals surface area contributed by atoms with E-state index in [4.69, 9.17) is 4.74 Å². The molecule has 3 heterocycles. The van der Waals surface area contributed by atoms with Gasteiger partial charge >= 0.3 is 0 Å². The molecule has 2 aromatic heterocycles. The minimum atomic E-state index is 0.0706. The molecule has 1 saturated heterocycles. The van der Waals surface area contributed by atoms with Crippen molar-refractivity contribution < 1.29 is 9.53 Å². The van der Waals surface area contributed by atoms with Crippen LogP contribution in [0.3, 0.4) is 0 Å². The van der Waals surface area contributed by atoms with Crippen LogP contribution in [0, 0.1) is 0 Å². The average molecular weight is 346 g/mol. The minimum absolute atomic E-state index is 0.0706. The smallest absolute Gasteiger partial charge is 0.244 e. The van der Waals surface area contributed by atoms with Gasteiger partial charge in [0.15, 0.2) is 0 Å². The van der Waals surface area contributed by atoms with Crippen molar-refractivity contribution in [2.75, 3.05) is 18.4 Å². The quantitative estimate of drug-likeness (QED) is 0.851. The Balaban J connectivity index is 1.51. The first kappa shape index (κ1) is 17.5. The number of aromatic nitrogens is 4. The van der Waals surface area contributed by atoms with Crippen LogP contribution in [0.25, 0.3) is 0 Å². The van der Waals surface area contributed by atoms with Crippen LogP contribution >= 0.6 is 0 Å². The summed E-state index contributed by atoms with van der Waals surface area (Å²) in [5.41, 5.74) is 0.899. The van der Waals surface area contributed by atoms with Crippen molar-refractivity contribution in [3.63, 3.8) is 0 Å². The SMILES string of the molecule is C[C@H](Cn1cccn1)Nc1cnn(CC(=O)N2C[C@@H](C)O[C@@H](C)C2)c1. The van der Waals surface area contributed by atoms with Gasteiger partial charge in [0.2, 0.25) is 5.91 Å². The van der Waals surface area contributed by atoms with Crippen molar-refractivity contribution in [1.82, 2.24) is 24.5 Å². The molecule has 0 unspecified atom stereocenters. The van der Waals surface area contributed by atoms with Crippen molar-refractivity contribution >= 4 is 11.6 Å². The normalized spacial score (nSPS) is 22.0. The average Bonchev–Trinajstić information content (AvgIpc) is 3.18. The predicted molar refractivity (Wildman–Crippen MR) is 94.1 cm³/mol. The molecular weight excluding hydrogens is 320 g/mol. The van der Waals surface area contributed by atoms with Crippen LogP contribution in [0.15, 0.2) is 30.9 Å². The summed E-state index contributed by atoms with van der Waals surface area (Å²) < 4.78 is 9.23. The summed E-state index contributed by atoms with van der Waals surface area (Å²) in [6.45, 7) is 8.35. The van der Waals surface area contributed by atoms with Gasteiger partial charge in [0.25, 0.3) is 0 Å². The van der Waals surface area contributed by atoms with Gasteiger partial charge in [0, 0.05) is 37.7 Å². The Morgan fingerprint density at radius 1 is 1.32 bits per heavy atom. The number of nitrogens with one attached hydrogen (secondary N) is 1. The predicted octanol–water partition coefficient (Wildman–Crippen LogP) is 1.22. The molecule has 136 valence electrons. The number of hydrogen-bond acceptors (Lipinski definition) is 5. The fraction of sp³-hybridized carbons (Fsp3) is 0.588. The largest absolute Gasteiger partial charge is 0.378 e. The Kier molecular flexibility index (Phi) is 5.37. The zero-order chi connectivity index (χ0) is 17.8. The Morgan fingerprint density at radius 2 is 2.08 bits per heavy atom. The second-order valence-corrected chi connectivity index (χ2v) is 6.76. The molecule has 1 N–H and O–H groups in total. The maximum atomic E-state index is 12.5. The highest BCUT2D eigenvalue weighted by atomic mass is 16.5. The van der Waals surface area contributed by atoms with E-state index in [-0.39, 0.29) is 30.7 Å². The molecule has 25 heavy (non-hydrogen) atoms. The van der Waals surface area contributed by atoms with Gasteiger partial charge in [0.05, 0.1) is 30.6 Å². The standard InChI is InChI=1S/C17H26N6O2/c1-13(8-22-6-4-5-18-22)20-16-7-19-23(11-16)12-17(24)21-9-14(2)25-15(3)10-21/h4-7,11,13-15,20H,8-10,12H2,1-3H3/t13-,14-,15+/m1/s1. The third-order valence-corrected chi connectivity index (χ3v) is 4.14. The van der Waals surface area contributed by atoms with Gasteiger partial charge in [-0.1, -0.05) is 0 Å². The highest BCUT2D eigenvalue weighted by Gasteiger charge is 2.26. The monoisotopic (exact) mass is 346 g/mol. The summed E-state index contributed by atoms with van der Waals surface area (Å²) in [5, 5.41) is 11.9. The topological polar surface area (TPSA) is 77.2 Å². The maximum Gasteiger partial charge on any atom is 0.244 e. The Bertz CT molecular complexity index is 673. The third kappa shape index (κ3) is 4.82. The van der Waals surface area contributed by atoms with E-state index >= 15 is 0 Å². The molecule has 0 bridgehead atoms. The fourth-order valence-electron chi connectivity index (χ4n) is 3.16. The van der Waals surface area contributed by atoms with Crippen LogP contribution < -0.4 is 5.32 Å². The van der Waals surface area contributed by atoms with Crippen molar-refractivity contribution in [2.45, 2.75) is 52.1 Å². The second kappa shape index (κ2) is 7.69. The molecule has 0 aliphatic carbocycles. The fourth-order valence-corrected chi connectivity index (χ4v) is 3.16. The van der Waals surface area contributed by atoms with Crippen molar-refractivity contribution in [2.24, 2.45) is 0 Å². The van der Waals surface area contributed by atoms with Gasteiger partial charge in [-0.05, 0) is 26.8 Å². The molecule has 3 rings (SSSR count). The molecule has 1 fully saturated rings. The van der Waals surface area contributed by atoms with E-state index in [1.807, 2.05) is 41.9 Å². The summed E-state index contributed by atoms with van der Waals surface area (Å²) in [6, 6.07) is 2.11. The van der Waals surface area contributed by atoms with E-state index in [0.29, 0.717) is 13.1 Å². The number of anilines is 1. The molecule has 8 heteroatoms. The van der Waals surface area contributed by atoms with Crippen LogP contribution in [-0.2, 0) is 22.6 Å². The van der Waals surface area contributed by atoms with Crippen LogP contribution in [0.5, 0.6) is 0 Å². The number of ether oxygens (including phenoxy) is 1. The number of rotatable bonds is 6. The van der Waals surface area contributed by atoms with Crippen molar-refractivity contribution in [3.8, 4) is 0 Å². The first-order chi connectivity index (χ1) is 12.0. The lowest BCUT2D eigenvalue weighted by Crippen LogP contribution is -2.49. The first-order valence-electron chi connectivity index (χ1n) is 8.69. The number of amides is 1. The molecule has 0 spiro atoms. The molecule has 0 aromatic carbocycles. The lowest BCUT2D eigenvalue weighted by molar-refractivity contribution is -0.144. The second-order valence-electron chi connectivity index (χ2n) is 6.76. The van der Waals surface area contributed by atoms with Crippen LogP contribution in [0.4, 0.5) is 5.69 Å². The molecule has 1 amide bonds. The van der Waals surface area contributed by atoms with Crippen LogP contribution in [0.2, 0.25) is 0 Å². The number of carbonyl (C=O) groups is 1. The van der Waals surface area contributed by atoms with E-state index in [9.17, 15) is 4.79 Å². The van der Waals surface area contributed by atoms with Gasteiger partial charge in [-0.15, -0.1) is 0 Å². The Labute approximate surface area is 147 Å². The Morgan fingerprint density at radius 3 is 2.76 bits per heavy atom. The van der Waals surface area contributed by atoms with Gasteiger partial charge in [0.1, 0.15) is 6.54 Å². The zero-order valence-corrected chi connectivity index (χ0v) is 15.0. The Hall–Kier alpha value is -2.35. The highest BCUT2D eigenvalue weighted by Crippen LogP contribution is 2.12. The maximum absolute atomic E-state index is 12.5. The molecule has 0 saturated carbocycles. The lowest BCUT2D eigenvalue weighted by Gasteiger charge is -2.35. The summed E-state index contributed by atoms with van der Waals surface area (Å²) >= 11 is 0. The van der Waals surface area contributed by atoms with Crippen molar-refractivity contribution in [1.29, 1.82) is 0 Å². The van der Waals surface area contributed by atoms with E-state index in [1.165, 1.54) is 0 Å². The third-order valence-electron chi connectivity index (χ3n) is 4.14. The number of morpholine rings is 1. The molecule has 1 aliphatic heterocycles. The molecule has 3 atom stereocenters. The summed E-state index contributed by atoms with van der Waals surface area (Å²) in [7, 11) is 0. The zero-order valence-electron chi connectivity index (χ0n) is 15.0. The van der Waals surface area contributed by atoms with E-state index in [1.54, 1.807) is 17.1 Å². The summed E-state index contributed by atoms with van der Waals surface area (Å²) in [5.74, 6) is 0.0706. The van der Waals surface area contributed by atoms with Crippen LogP contribution in [-0.4, -0.2) is 61.7 Å². The molecule has 0 radical (unpaired) electrons. The number of carbonyl (C=O) groups excluding carboxylic acids is 1. The van der Waals surface area contributed by atoms with Gasteiger partial charge < -0.3 is 15.0 Å².